The third-order valence-electron chi connectivity index (χ3n) is 3.70. The van der Waals surface area contributed by atoms with Crippen LogP contribution in [0.4, 0.5) is 0 Å². The topological polar surface area (TPSA) is 101 Å². The molecule has 2 heterocycles. The molecule has 7 nitrogen and oxygen atoms in total. The lowest BCUT2D eigenvalue weighted by atomic mass is 10.1. The molecule has 2 N–H and O–H groups in total. The van der Waals surface area contributed by atoms with Gasteiger partial charge in [0.25, 0.3) is 5.91 Å². The minimum absolute atomic E-state index is 0.0805. The number of rotatable bonds is 4. The Hall–Kier alpha value is -3.48. The van der Waals surface area contributed by atoms with Gasteiger partial charge in [0.15, 0.2) is 5.78 Å². The van der Waals surface area contributed by atoms with Gasteiger partial charge < -0.3 is 15.0 Å². The zero-order chi connectivity index (χ0) is 18.0. The lowest BCUT2D eigenvalue weighted by molar-refractivity contribution is -0.134. The number of nitrogens with zero attached hydrogens (tertiary/aromatic N) is 1. The maximum absolute atomic E-state index is 12.3. The fourth-order valence-electron chi connectivity index (χ4n) is 2.54. The van der Waals surface area contributed by atoms with E-state index in [0.29, 0.717) is 5.52 Å². The van der Waals surface area contributed by atoms with Crippen molar-refractivity contribution in [1.29, 1.82) is 0 Å². The average molecular weight is 337 g/mol. The van der Waals surface area contributed by atoms with E-state index in [4.69, 9.17) is 0 Å². The molecule has 2 aromatic heterocycles. The molecule has 3 aromatic rings. The Morgan fingerprint density at radius 1 is 1.20 bits per heavy atom. The number of ketones is 1. The van der Waals surface area contributed by atoms with Crippen LogP contribution in [0, 0.1) is 0 Å². The van der Waals surface area contributed by atoms with Gasteiger partial charge in [-0.15, -0.1) is 0 Å². The fraction of sp³-hybridized carbons (Fsp3) is 0.111. The van der Waals surface area contributed by atoms with Gasteiger partial charge in [0.2, 0.25) is 0 Å². The SMILES string of the molecule is COC(=O)/C=C/NC(=O)c1cc2c([nH]c3ccccc32)c(C(C)=O)n1. The molecule has 0 aliphatic rings. The Bertz CT molecular complexity index is 1030. The summed E-state index contributed by atoms with van der Waals surface area (Å²) in [5.74, 6) is -1.38. The number of aromatic amines is 1. The summed E-state index contributed by atoms with van der Waals surface area (Å²) in [6.45, 7) is 1.39. The molecule has 0 saturated heterocycles. The number of H-pyrrole nitrogens is 1. The molecule has 0 aliphatic carbocycles. The van der Waals surface area contributed by atoms with Crippen molar-refractivity contribution in [3.63, 3.8) is 0 Å². The lowest BCUT2D eigenvalue weighted by Gasteiger charge is -2.04. The van der Waals surface area contributed by atoms with Crippen molar-refractivity contribution in [2.24, 2.45) is 0 Å². The largest absolute Gasteiger partial charge is 0.466 e. The number of nitrogens with one attached hydrogen (secondary N) is 2. The van der Waals surface area contributed by atoms with E-state index >= 15 is 0 Å². The molecule has 0 atom stereocenters. The fourth-order valence-corrected chi connectivity index (χ4v) is 2.54. The monoisotopic (exact) mass is 337 g/mol. The first-order valence-electron chi connectivity index (χ1n) is 7.49. The maximum Gasteiger partial charge on any atom is 0.331 e. The third-order valence-corrected chi connectivity index (χ3v) is 3.70. The normalized spacial score (nSPS) is 11.1. The molecule has 1 aromatic carbocycles. The second kappa shape index (κ2) is 6.56. The van der Waals surface area contributed by atoms with Crippen LogP contribution in [0.15, 0.2) is 42.6 Å². The Morgan fingerprint density at radius 2 is 1.96 bits per heavy atom. The minimum atomic E-state index is -0.593. The maximum atomic E-state index is 12.3. The number of ether oxygens (including phenoxy) is 1. The number of pyridine rings is 1. The highest BCUT2D eigenvalue weighted by Crippen LogP contribution is 2.27. The molecule has 0 bridgehead atoms. The predicted octanol–water partition coefficient (Wildman–Crippen LogP) is 2.34. The van der Waals surface area contributed by atoms with E-state index in [1.165, 1.54) is 20.2 Å². The number of carbonyl (C=O) groups is 3. The van der Waals surface area contributed by atoms with Crippen LogP contribution in [-0.2, 0) is 9.53 Å². The van der Waals surface area contributed by atoms with Crippen LogP contribution in [0.3, 0.4) is 0 Å². The molecule has 0 radical (unpaired) electrons. The van der Waals surface area contributed by atoms with E-state index in [1.54, 1.807) is 6.07 Å². The highest BCUT2D eigenvalue weighted by Gasteiger charge is 2.17. The standard InChI is InChI=1S/C18H15N3O4/c1-10(22)16-17-12(11-5-3-4-6-13(11)20-17)9-14(21-16)18(24)19-8-7-15(23)25-2/h3-9,20H,1-2H3,(H,19,24)/b8-7+. The highest BCUT2D eigenvalue weighted by atomic mass is 16.5. The minimum Gasteiger partial charge on any atom is -0.466 e. The number of Topliss-reactive ketones (excluding diaryl/α,β-unsaturated/α-hetero) is 1. The van der Waals surface area contributed by atoms with E-state index in [2.05, 4.69) is 20.0 Å². The first-order chi connectivity index (χ1) is 12.0. The summed E-state index contributed by atoms with van der Waals surface area (Å²) in [5.41, 5.74) is 1.72. The molecular weight excluding hydrogens is 322 g/mol. The van der Waals surface area contributed by atoms with Crippen LogP contribution in [0.25, 0.3) is 21.8 Å². The molecule has 126 valence electrons. The summed E-state index contributed by atoms with van der Waals surface area (Å²) in [6.07, 6.45) is 2.25. The number of methoxy groups -OCH3 is 1. The second-order valence-electron chi connectivity index (χ2n) is 5.34. The Morgan fingerprint density at radius 3 is 2.68 bits per heavy atom. The lowest BCUT2D eigenvalue weighted by Crippen LogP contribution is -2.20. The molecule has 1 amide bonds. The number of hydrogen-bond donors (Lipinski definition) is 2. The number of aromatic nitrogens is 2. The van der Waals surface area contributed by atoms with E-state index in [9.17, 15) is 14.4 Å². The average Bonchev–Trinajstić information content (AvgIpc) is 2.99. The van der Waals surface area contributed by atoms with Gasteiger partial charge in [0.1, 0.15) is 11.4 Å². The van der Waals surface area contributed by atoms with Gasteiger partial charge in [-0.2, -0.15) is 0 Å². The quantitative estimate of drug-likeness (QED) is 0.432. The van der Waals surface area contributed by atoms with Crippen LogP contribution in [0.1, 0.15) is 27.9 Å². The predicted molar refractivity (Wildman–Crippen MR) is 92.2 cm³/mol. The Labute approximate surface area is 142 Å². The number of amides is 1. The first-order valence-corrected chi connectivity index (χ1v) is 7.49. The number of benzene rings is 1. The van der Waals surface area contributed by atoms with Crippen molar-refractivity contribution >= 4 is 39.5 Å². The van der Waals surface area contributed by atoms with Crippen LogP contribution < -0.4 is 5.32 Å². The first kappa shape index (κ1) is 16.4. The van der Waals surface area contributed by atoms with Gasteiger partial charge in [-0.3, -0.25) is 9.59 Å². The Kier molecular flexibility index (Phi) is 4.30. The summed E-state index contributed by atoms with van der Waals surface area (Å²) in [4.78, 5) is 42.6. The third kappa shape index (κ3) is 3.12. The molecule has 0 unspecified atom stereocenters. The molecule has 3 rings (SSSR count). The van der Waals surface area contributed by atoms with Crippen LogP contribution in [-0.4, -0.2) is 34.7 Å². The number of fused-ring (bicyclic) bond motifs is 3. The van der Waals surface area contributed by atoms with Crippen molar-refractivity contribution < 1.29 is 19.1 Å². The zero-order valence-electron chi connectivity index (χ0n) is 13.6. The number of carbonyl (C=O) groups excluding carboxylic acids is 3. The molecule has 7 heteroatoms. The summed E-state index contributed by atoms with van der Waals surface area (Å²) in [6, 6.07) is 9.16. The van der Waals surface area contributed by atoms with Crippen molar-refractivity contribution in [1.82, 2.24) is 15.3 Å². The smallest absolute Gasteiger partial charge is 0.331 e. The van der Waals surface area contributed by atoms with Crippen LogP contribution >= 0.6 is 0 Å². The van der Waals surface area contributed by atoms with E-state index < -0.39 is 11.9 Å². The van der Waals surface area contributed by atoms with E-state index in [1.807, 2.05) is 24.3 Å². The van der Waals surface area contributed by atoms with Gasteiger partial charge in [0.05, 0.1) is 12.6 Å². The molecular formula is C18H15N3O4. The Balaban J connectivity index is 2.08. The molecule has 25 heavy (non-hydrogen) atoms. The van der Waals surface area contributed by atoms with Crippen LogP contribution in [0.2, 0.25) is 0 Å². The van der Waals surface area contributed by atoms with Gasteiger partial charge in [0, 0.05) is 35.5 Å². The van der Waals surface area contributed by atoms with Gasteiger partial charge in [-0.05, 0) is 12.1 Å². The summed E-state index contributed by atoms with van der Waals surface area (Å²) >= 11 is 0. The number of esters is 1. The summed E-state index contributed by atoms with van der Waals surface area (Å²) in [5, 5.41) is 4.06. The van der Waals surface area contributed by atoms with Gasteiger partial charge >= 0.3 is 5.97 Å². The zero-order valence-corrected chi connectivity index (χ0v) is 13.6. The van der Waals surface area contributed by atoms with Crippen molar-refractivity contribution in [3.05, 3.63) is 54.0 Å². The summed E-state index contributed by atoms with van der Waals surface area (Å²) in [7, 11) is 1.24. The molecule has 0 fully saturated rings. The van der Waals surface area contributed by atoms with Crippen molar-refractivity contribution in [2.75, 3.05) is 7.11 Å². The molecule has 0 saturated carbocycles. The number of para-hydroxylation sites is 1. The number of hydrogen-bond acceptors (Lipinski definition) is 5. The highest BCUT2D eigenvalue weighted by molar-refractivity contribution is 6.15. The summed E-state index contributed by atoms with van der Waals surface area (Å²) < 4.78 is 4.44. The van der Waals surface area contributed by atoms with Crippen molar-refractivity contribution in [2.45, 2.75) is 6.92 Å². The molecule has 0 spiro atoms. The molecule has 0 aliphatic heterocycles. The van der Waals surface area contributed by atoms with E-state index in [0.717, 1.165) is 22.4 Å². The van der Waals surface area contributed by atoms with E-state index in [-0.39, 0.29) is 17.2 Å². The van der Waals surface area contributed by atoms with Crippen LogP contribution in [0.5, 0.6) is 0 Å². The van der Waals surface area contributed by atoms with Crippen molar-refractivity contribution in [3.8, 4) is 0 Å². The van der Waals surface area contributed by atoms with Gasteiger partial charge in [-0.25, -0.2) is 9.78 Å². The van der Waals surface area contributed by atoms with Gasteiger partial charge in [-0.1, -0.05) is 18.2 Å². The second-order valence-corrected chi connectivity index (χ2v) is 5.34.